The largest absolute Gasteiger partial charge is 0.461 e. The Balaban J connectivity index is 1.63. The molecule has 0 aromatic heterocycles. The minimum Gasteiger partial charge on any atom is -0.461 e. The summed E-state index contributed by atoms with van der Waals surface area (Å²) < 4.78 is 15.7. The molecule has 0 fully saturated rings. The first kappa shape index (κ1) is 23.5. The molecule has 6 nitrogen and oxygen atoms in total. The number of hydrogen-bond donors (Lipinski definition) is 0. The highest BCUT2D eigenvalue weighted by atomic mass is 16.5. The van der Waals surface area contributed by atoms with Gasteiger partial charge in [-0.25, -0.2) is 9.59 Å². The molecule has 0 amide bonds. The van der Waals surface area contributed by atoms with Crippen LogP contribution in [0, 0.1) is 0 Å². The summed E-state index contributed by atoms with van der Waals surface area (Å²) in [6, 6.07) is 27.4. The zero-order valence-electron chi connectivity index (χ0n) is 18.0. The van der Waals surface area contributed by atoms with Crippen molar-refractivity contribution in [3.05, 3.63) is 119 Å². The Bertz CT molecular complexity index is 1080. The van der Waals surface area contributed by atoms with Gasteiger partial charge in [0.25, 0.3) is 0 Å². The third-order valence-electron chi connectivity index (χ3n) is 4.57. The number of carbonyl (C=O) groups is 3. The summed E-state index contributed by atoms with van der Waals surface area (Å²) in [5.74, 6) is -2.19. The Morgan fingerprint density at radius 1 is 0.576 bits per heavy atom. The zero-order chi connectivity index (χ0) is 23.3. The van der Waals surface area contributed by atoms with Gasteiger partial charge in [-0.3, -0.25) is 4.79 Å². The van der Waals surface area contributed by atoms with Gasteiger partial charge in [0, 0.05) is 6.08 Å². The number of rotatable bonds is 10. The topological polar surface area (TPSA) is 78.9 Å². The third kappa shape index (κ3) is 8.45. The van der Waals surface area contributed by atoms with Crippen LogP contribution in [0.3, 0.4) is 0 Å². The Morgan fingerprint density at radius 3 is 1.48 bits per heavy atom. The van der Waals surface area contributed by atoms with Crippen molar-refractivity contribution in [1.82, 2.24) is 0 Å². The summed E-state index contributed by atoms with van der Waals surface area (Å²) in [6.07, 6.45) is 0.570. The van der Waals surface area contributed by atoms with E-state index in [1.165, 1.54) is 0 Å². The number of carbonyl (C=O) groups excluding carboxylic acids is 3. The maximum Gasteiger partial charge on any atom is 0.335 e. The highest BCUT2D eigenvalue weighted by Gasteiger charge is 2.19. The highest BCUT2D eigenvalue weighted by Crippen LogP contribution is 2.12. The molecule has 0 unspecified atom stereocenters. The van der Waals surface area contributed by atoms with Crippen LogP contribution in [0.25, 0.3) is 0 Å². The van der Waals surface area contributed by atoms with Crippen LogP contribution in [0.2, 0.25) is 0 Å². The van der Waals surface area contributed by atoms with Gasteiger partial charge in [-0.15, -0.1) is 0 Å². The number of esters is 3. The normalized spacial score (nSPS) is 10.8. The lowest BCUT2D eigenvalue weighted by atomic mass is 10.1. The van der Waals surface area contributed by atoms with Crippen LogP contribution in [-0.4, -0.2) is 17.9 Å². The quantitative estimate of drug-likeness (QED) is 0.260. The van der Waals surface area contributed by atoms with Gasteiger partial charge in [0.05, 0.1) is 12.0 Å². The summed E-state index contributed by atoms with van der Waals surface area (Å²) in [7, 11) is 0. The molecule has 6 heteroatoms. The minimum atomic E-state index is -0.785. The van der Waals surface area contributed by atoms with E-state index in [1.54, 1.807) is 12.1 Å². The van der Waals surface area contributed by atoms with E-state index in [-0.39, 0.29) is 25.4 Å². The molecule has 0 aliphatic carbocycles. The van der Waals surface area contributed by atoms with E-state index < -0.39 is 24.3 Å². The van der Waals surface area contributed by atoms with Crippen molar-refractivity contribution in [1.29, 1.82) is 0 Å². The van der Waals surface area contributed by atoms with Crippen molar-refractivity contribution in [3.8, 4) is 0 Å². The van der Waals surface area contributed by atoms with E-state index >= 15 is 0 Å². The van der Waals surface area contributed by atoms with Gasteiger partial charge >= 0.3 is 17.9 Å². The van der Waals surface area contributed by atoms with Crippen LogP contribution in [0.4, 0.5) is 0 Å². The molecule has 3 aromatic rings. The van der Waals surface area contributed by atoms with Crippen LogP contribution in [-0.2, 0) is 48.4 Å². The van der Waals surface area contributed by atoms with Crippen LogP contribution in [0.15, 0.2) is 103 Å². The second-order valence-electron chi connectivity index (χ2n) is 7.15. The minimum absolute atomic E-state index is 0.00907. The van der Waals surface area contributed by atoms with Crippen molar-refractivity contribution >= 4 is 17.9 Å². The van der Waals surface area contributed by atoms with Crippen LogP contribution < -0.4 is 0 Å². The first-order valence-electron chi connectivity index (χ1n) is 10.4. The highest BCUT2D eigenvalue weighted by molar-refractivity contribution is 5.99. The van der Waals surface area contributed by atoms with Crippen molar-refractivity contribution in [2.24, 2.45) is 0 Å². The molecule has 0 saturated carbocycles. The zero-order valence-corrected chi connectivity index (χ0v) is 18.0. The molecule has 0 radical (unpaired) electrons. The Morgan fingerprint density at radius 2 is 1.00 bits per heavy atom. The first-order chi connectivity index (χ1) is 16.1. The SMILES string of the molecule is O=C(/C=C(/CC(=O)OCc1ccccc1)C(=O)OCc1ccccc1)OCc1ccccc1. The average molecular weight is 444 g/mol. The third-order valence-corrected chi connectivity index (χ3v) is 4.57. The summed E-state index contributed by atoms with van der Waals surface area (Å²) >= 11 is 0. The molecule has 0 aliphatic heterocycles. The lowest BCUT2D eigenvalue weighted by Crippen LogP contribution is -2.16. The molecule has 0 aliphatic rings. The summed E-state index contributed by atoms with van der Waals surface area (Å²) in [5, 5.41) is 0. The Hall–Kier alpha value is -4.19. The summed E-state index contributed by atoms with van der Waals surface area (Å²) in [6.45, 7) is 0.112. The standard InChI is InChI=1S/C27H24O6/c28-25(31-18-21-10-4-1-5-11-21)16-24(27(30)33-20-23-14-8-3-9-15-23)17-26(29)32-19-22-12-6-2-7-13-22/h1-16H,17-20H2/b24-16-. The fraction of sp³-hybridized carbons (Fsp3) is 0.148. The lowest BCUT2D eigenvalue weighted by molar-refractivity contribution is -0.148. The van der Waals surface area contributed by atoms with Gasteiger partial charge in [0.2, 0.25) is 0 Å². The molecule has 0 saturated heterocycles. The number of hydrogen-bond acceptors (Lipinski definition) is 6. The van der Waals surface area contributed by atoms with Gasteiger partial charge in [-0.05, 0) is 16.7 Å². The van der Waals surface area contributed by atoms with Crippen LogP contribution in [0.5, 0.6) is 0 Å². The maximum atomic E-state index is 12.6. The fourth-order valence-electron chi connectivity index (χ4n) is 2.86. The van der Waals surface area contributed by atoms with Gasteiger partial charge < -0.3 is 14.2 Å². The van der Waals surface area contributed by atoms with Crippen molar-refractivity contribution in [2.45, 2.75) is 26.2 Å². The molecule has 0 spiro atoms. The van der Waals surface area contributed by atoms with Crippen molar-refractivity contribution in [2.75, 3.05) is 0 Å². The van der Waals surface area contributed by atoms with Gasteiger partial charge in [0.1, 0.15) is 19.8 Å². The monoisotopic (exact) mass is 444 g/mol. The van der Waals surface area contributed by atoms with Crippen LogP contribution in [0.1, 0.15) is 23.1 Å². The molecule has 0 bridgehead atoms. The van der Waals surface area contributed by atoms with E-state index in [0.717, 1.165) is 22.8 Å². The van der Waals surface area contributed by atoms with Gasteiger partial charge in [-0.2, -0.15) is 0 Å². The second-order valence-corrected chi connectivity index (χ2v) is 7.15. The summed E-state index contributed by atoms with van der Waals surface area (Å²) in [5.41, 5.74) is 2.26. The number of benzene rings is 3. The molecule has 3 aromatic carbocycles. The Labute approximate surface area is 192 Å². The second kappa shape index (κ2) is 12.6. The van der Waals surface area contributed by atoms with E-state index in [0.29, 0.717) is 0 Å². The maximum absolute atomic E-state index is 12.6. The van der Waals surface area contributed by atoms with E-state index in [1.807, 2.05) is 78.9 Å². The van der Waals surface area contributed by atoms with Gasteiger partial charge in [0.15, 0.2) is 0 Å². The van der Waals surface area contributed by atoms with Crippen molar-refractivity contribution in [3.63, 3.8) is 0 Å². The average Bonchev–Trinajstić information content (AvgIpc) is 2.86. The molecule has 0 atom stereocenters. The summed E-state index contributed by atoms with van der Waals surface area (Å²) in [4.78, 5) is 37.3. The fourth-order valence-corrected chi connectivity index (χ4v) is 2.86. The predicted octanol–water partition coefficient (Wildman–Crippen LogP) is 4.53. The molecule has 0 N–H and O–H groups in total. The predicted molar refractivity (Wildman–Crippen MR) is 121 cm³/mol. The molecule has 3 rings (SSSR count). The molecule has 0 heterocycles. The molecular weight excluding hydrogens is 420 g/mol. The molecule has 33 heavy (non-hydrogen) atoms. The van der Waals surface area contributed by atoms with Crippen LogP contribution >= 0.6 is 0 Å². The number of ether oxygens (including phenoxy) is 3. The van der Waals surface area contributed by atoms with Crippen molar-refractivity contribution < 1.29 is 28.6 Å². The smallest absolute Gasteiger partial charge is 0.335 e. The first-order valence-corrected chi connectivity index (χ1v) is 10.4. The molecular formula is C27H24O6. The molecule has 168 valence electrons. The van der Waals surface area contributed by atoms with E-state index in [4.69, 9.17) is 14.2 Å². The van der Waals surface area contributed by atoms with Gasteiger partial charge in [-0.1, -0.05) is 91.0 Å². The van der Waals surface area contributed by atoms with E-state index in [2.05, 4.69) is 0 Å². The van der Waals surface area contributed by atoms with E-state index in [9.17, 15) is 14.4 Å². The Kier molecular flexibility index (Phi) is 8.97. The lowest BCUT2D eigenvalue weighted by Gasteiger charge is -2.10.